The third-order valence-electron chi connectivity index (χ3n) is 5.03. The highest BCUT2D eigenvalue weighted by Gasteiger charge is 2.19. The number of hydrogen-bond acceptors (Lipinski definition) is 7. The van der Waals surface area contributed by atoms with Gasteiger partial charge in [0.25, 0.3) is 5.91 Å². The van der Waals surface area contributed by atoms with Crippen LogP contribution in [0.1, 0.15) is 28.9 Å². The molecule has 11 heteroatoms. The Balaban J connectivity index is 1.52. The van der Waals surface area contributed by atoms with Crippen molar-refractivity contribution in [2.24, 2.45) is 5.10 Å². The molecule has 1 heterocycles. The molecule has 0 bridgehead atoms. The van der Waals surface area contributed by atoms with E-state index < -0.39 is 5.91 Å². The van der Waals surface area contributed by atoms with Crippen molar-refractivity contribution in [1.29, 1.82) is 5.41 Å². The summed E-state index contributed by atoms with van der Waals surface area (Å²) in [5.41, 5.74) is 6.48. The van der Waals surface area contributed by atoms with E-state index in [4.69, 9.17) is 28.6 Å². The summed E-state index contributed by atoms with van der Waals surface area (Å²) in [6, 6.07) is 12.3. The minimum absolute atomic E-state index is 0.149. The van der Waals surface area contributed by atoms with Gasteiger partial charge in [0, 0.05) is 6.54 Å². The Labute approximate surface area is 205 Å². The van der Waals surface area contributed by atoms with Crippen LogP contribution in [0, 0.1) is 5.41 Å². The summed E-state index contributed by atoms with van der Waals surface area (Å²) in [6.45, 7) is 2.14. The number of hydrogen-bond donors (Lipinski definition) is 3. The van der Waals surface area contributed by atoms with Gasteiger partial charge in [-0.2, -0.15) is 5.10 Å². The molecule has 0 unspecified atom stereocenters. The lowest BCUT2D eigenvalue weighted by atomic mass is 10.1. The molecule has 2 aromatic carbocycles. The van der Waals surface area contributed by atoms with Gasteiger partial charge < -0.3 is 10.7 Å². The van der Waals surface area contributed by atoms with Crippen LogP contribution in [0.2, 0.25) is 10.0 Å². The fourth-order valence-corrected chi connectivity index (χ4v) is 3.92. The number of rotatable bonds is 7. The number of nitrogens with one attached hydrogen (secondary N) is 3. The van der Waals surface area contributed by atoms with E-state index in [2.05, 4.69) is 31.4 Å². The standard InChI is InChI=1S/C23H20Cl2N8O/c1-14-7-8-19(26)20(9-14)29-30-21(15-5-3-2-4-6-15)12-27-23(34)22-17(24)10-16(11-18(22)25)33-13-28-31-32-33/h2-11,13,21,26,30H,12H2,1H3,(H,27,34)/b26-19?,29-20-/t21-/m0/s1. The quantitative estimate of drug-likeness (QED) is 0.339. The summed E-state index contributed by atoms with van der Waals surface area (Å²) in [5, 5.41) is 26.6. The molecule has 4 rings (SSSR count). The average Bonchev–Trinajstić information content (AvgIpc) is 3.36. The third kappa shape index (κ3) is 5.38. The van der Waals surface area contributed by atoms with Gasteiger partial charge in [0.15, 0.2) is 0 Å². The predicted molar refractivity (Wildman–Crippen MR) is 132 cm³/mol. The van der Waals surface area contributed by atoms with Crippen LogP contribution in [0.25, 0.3) is 5.69 Å². The first-order chi connectivity index (χ1) is 16.4. The average molecular weight is 495 g/mol. The van der Waals surface area contributed by atoms with E-state index in [1.165, 1.54) is 11.0 Å². The van der Waals surface area contributed by atoms with E-state index in [0.29, 0.717) is 17.1 Å². The van der Waals surface area contributed by atoms with Crippen molar-refractivity contribution in [2.45, 2.75) is 13.0 Å². The number of halogens is 2. The van der Waals surface area contributed by atoms with Gasteiger partial charge >= 0.3 is 0 Å². The van der Waals surface area contributed by atoms with Crippen LogP contribution in [-0.2, 0) is 0 Å². The Morgan fingerprint density at radius 2 is 1.91 bits per heavy atom. The monoisotopic (exact) mass is 494 g/mol. The fourth-order valence-electron chi connectivity index (χ4n) is 3.28. The van der Waals surface area contributed by atoms with Crippen molar-refractivity contribution in [2.75, 3.05) is 6.54 Å². The summed E-state index contributed by atoms with van der Waals surface area (Å²) >= 11 is 12.7. The van der Waals surface area contributed by atoms with E-state index in [1.54, 1.807) is 18.2 Å². The molecule has 3 N–H and O–H groups in total. The molecule has 1 amide bonds. The van der Waals surface area contributed by atoms with Gasteiger partial charge in [0.05, 0.1) is 33.0 Å². The van der Waals surface area contributed by atoms with Crippen molar-refractivity contribution in [3.63, 3.8) is 0 Å². The van der Waals surface area contributed by atoms with E-state index >= 15 is 0 Å². The fraction of sp³-hybridized carbons (Fsp3) is 0.130. The van der Waals surface area contributed by atoms with Gasteiger partial charge in [-0.3, -0.25) is 10.2 Å². The molecule has 1 atom stereocenters. The molecule has 9 nitrogen and oxygen atoms in total. The van der Waals surface area contributed by atoms with Crippen LogP contribution in [0.15, 0.2) is 77.7 Å². The van der Waals surface area contributed by atoms with Crippen molar-refractivity contribution < 1.29 is 4.79 Å². The molecular weight excluding hydrogens is 475 g/mol. The summed E-state index contributed by atoms with van der Waals surface area (Å²) in [4.78, 5) is 13.0. The molecular formula is C23H20Cl2N8O. The second-order valence-corrected chi connectivity index (χ2v) is 8.29. The van der Waals surface area contributed by atoms with Gasteiger partial charge in [0.1, 0.15) is 12.0 Å². The van der Waals surface area contributed by atoms with Crippen LogP contribution in [-0.4, -0.2) is 44.1 Å². The number of tetrazole rings is 1. The maximum absolute atomic E-state index is 13.0. The molecule has 172 valence electrons. The summed E-state index contributed by atoms with van der Waals surface area (Å²) in [5.74, 6) is -0.433. The summed E-state index contributed by atoms with van der Waals surface area (Å²) < 4.78 is 1.39. The Kier molecular flexibility index (Phi) is 7.15. The number of benzene rings is 2. The lowest BCUT2D eigenvalue weighted by Crippen LogP contribution is -2.34. The minimum Gasteiger partial charge on any atom is -0.349 e. The number of carbonyl (C=O) groups is 1. The zero-order chi connectivity index (χ0) is 24.1. The van der Waals surface area contributed by atoms with Gasteiger partial charge in [-0.15, -0.1) is 5.10 Å². The number of hydrazone groups is 1. The van der Waals surface area contributed by atoms with Crippen LogP contribution in [0.4, 0.5) is 0 Å². The number of amides is 1. The van der Waals surface area contributed by atoms with Crippen molar-refractivity contribution in [3.05, 3.63) is 93.8 Å². The number of nitrogens with zero attached hydrogens (tertiary/aromatic N) is 5. The first-order valence-electron chi connectivity index (χ1n) is 10.3. The molecule has 1 aromatic heterocycles. The van der Waals surface area contributed by atoms with Crippen LogP contribution in [0.5, 0.6) is 0 Å². The van der Waals surface area contributed by atoms with Crippen LogP contribution >= 0.6 is 23.2 Å². The molecule has 0 radical (unpaired) electrons. The molecule has 0 saturated carbocycles. The highest BCUT2D eigenvalue weighted by atomic mass is 35.5. The number of carbonyl (C=O) groups excluding carboxylic acids is 1. The molecule has 3 aromatic rings. The van der Waals surface area contributed by atoms with E-state index in [9.17, 15) is 4.79 Å². The van der Waals surface area contributed by atoms with E-state index in [0.717, 1.165) is 11.1 Å². The third-order valence-corrected chi connectivity index (χ3v) is 5.63. The Morgan fingerprint density at radius 3 is 2.59 bits per heavy atom. The first-order valence-corrected chi connectivity index (χ1v) is 11.0. The second-order valence-electron chi connectivity index (χ2n) is 7.47. The summed E-state index contributed by atoms with van der Waals surface area (Å²) in [6.07, 6.45) is 6.77. The number of allylic oxidation sites excluding steroid dienone is 4. The second kappa shape index (κ2) is 10.4. The molecule has 0 aliphatic heterocycles. The Morgan fingerprint density at radius 1 is 1.18 bits per heavy atom. The van der Waals surface area contributed by atoms with Gasteiger partial charge in [-0.1, -0.05) is 59.6 Å². The lowest BCUT2D eigenvalue weighted by molar-refractivity contribution is 0.0950. The molecule has 0 spiro atoms. The Hall–Kier alpha value is -3.82. The smallest absolute Gasteiger partial charge is 0.254 e. The largest absolute Gasteiger partial charge is 0.349 e. The van der Waals surface area contributed by atoms with Crippen molar-refractivity contribution in [3.8, 4) is 5.69 Å². The van der Waals surface area contributed by atoms with E-state index in [1.807, 2.05) is 49.4 Å². The zero-order valence-corrected chi connectivity index (χ0v) is 19.5. The van der Waals surface area contributed by atoms with Crippen LogP contribution in [0.3, 0.4) is 0 Å². The maximum Gasteiger partial charge on any atom is 0.254 e. The molecule has 0 saturated heterocycles. The van der Waals surface area contributed by atoms with E-state index in [-0.39, 0.29) is 28.2 Å². The number of aromatic nitrogens is 4. The Bertz CT molecular complexity index is 1280. The highest BCUT2D eigenvalue weighted by Crippen LogP contribution is 2.28. The topological polar surface area (TPSA) is 121 Å². The zero-order valence-electron chi connectivity index (χ0n) is 18.0. The van der Waals surface area contributed by atoms with Crippen molar-refractivity contribution in [1.82, 2.24) is 30.9 Å². The molecule has 1 aliphatic rings. The summed E-state index contributed by atoms with van der Waals surface area (Å²) in [7, 11) is 0. The maximum atomic E-state index is 13.0. The minimum atomic E-state index is -0.433. The normalized spacial score (nSPS) is 15.2. The SMILES string of the molecule is CC1=C/C(=N/N[C@@H](CNC(=O)c2c(Cl)cc(-n3cnnn3)cc2Cl)c2ccccc2)C(=N)C=C1. The van der Waals surface area contributed by atoms with Gasteiger partial charge in [-0.05, 0) is 52.8 Å². The highest BCUT2D eigenvalue weighted by molar-refractivity contribution is 6.50. The molecule has 1 aliphatic carbocycles. The molecule has 0 fully saturated rings. The predicted octanol–water partition coefficient (Wildman–Crippen LogP) is 3.92. The van der Waals surface area contributed by atoms with Crippen LogP contribution < -0.4 is 10.7 Å². The molecule has 34 heavy (non-hydrogen) atoms. The first kappa shape index (κ1) is 23.3. The lowest BCUT2D eigenvalue weighted by Gasteiger charge is -2.19. The van der Waals surface area contributed by atoms with Crippen molar-refractivity contribution >= 4 is 40.5 Å². The van der Waals surface area contributed by atoms with Gasteiger partial charge in [-0.25, -0.2) is 4.68 Å². The van der Waals surface area contributed by atoms with Gasteiger partial charge in [0.2, 0.25) is 0 Å².